The SMILES string of the molecule is CCC1=C2NCN(c3oc4c(c3O)O[PH](O)(O)O/C=C3/OC(n5cnc6c(=O)[nH]c(N)nc65)=C(O[PH](O)(O)OC4)[C@@H]3O)C2NCN1. The molecular formula is C22H29N9O13P2. The van der Waals surface area contributed by atoms with Gasteiger partial charge in [0.15, 0.2) is 0 Å². The second-order valence-electron chi connectivity index (χ2n) is 10.2. The predicted molar refractivity (Wildman–Crippen MR) is 157 cm³/mol. The molecule has 4 aliphatic heterocycles. The van der Waals surface area contributed by atoms with E-state index in [0.29, 0.717) is 19.4 Å². The minimum absolute atomic E-state index is 0.158. The quantitative estimate of drug-likeness (QED) is 0.136. The van der Waals surface area contributed by atoms with Crippen LogP contribution in [0.25, 0.3) is 17.0 Å². The van der Waals surface area contributed by atoms with E-state index in [1.807, 2.05) is 6.92 Å². The van der Waals surface area contributed by atoms with Gasteiger partial charge >= 0.3 is 257 Å². The summed E-state index contributed by atoms with van der Waals surface area (Å²) in [5, 5.41) is 31.7. The molecule has 46 heavy (non-hydrogen) atoms. The average molecular weight is 689 g/mol. The van der Waals surface area contributed by atoms with Crippen LogP contribution in [0.3, 0.4) is 0 Å². The Labute approximate surface area is 257 Å². The van der Waals surface area contributed by atoms with E-state index in [9.17, 15) is 34.6 Å². The van der Waals surface area contributed by atoms with Crippen LogP contribution in [0, 0.1) is 0 Å². The van der Waals surface area contributed by atoms with Gasteiger partial charge in [-0.25, -0.2) is 0 Å². The molecule has 0 spiro atoms. The van der Waals surface area contributed by atoms with E-state index in [4.69, 9.17) is 33.0 Å². The van der Waals surface area contributed by atoms with Crippen LogP contribution in [0.4, 0.5) is 11.8 Å². The molecule has 0 amide bonds. The Balaban J connectivity index is 1.27. The summed E-state index contributed by atoms with van der Waals surface area (Å²) in [5.74, 6) is -3.86. The van der Waals surface area contributed by atoms with Crippen molar-refractivity contribution in [2.24, 2.45) is 0 Å². The number of nitrogens with zero attached hydrogens (tertiary/aromatic N) is 4. The molecule has 22 nitrogen and oxygen atoms in total. The number of aromatic nitrogens is 4. The van der Waals surface area contributed by atoms with E-state index in [0.717, 1.165) is 22.3 Å². The second-order valence-corrected chi connectivity index (χ2v) is 13.3. The summed E-state index contributed by atoms with van der Waals surface area (Å²) in [7, 11) is -10.6. The fraction of sp³-hybridized carbons (Fsp3) is 0.318. The monoisotopic (exact) mass is 689 g/mol. The first-order chi connectivity index (χ1) is 21.9. The fourth-order valence-electron chi connectivity index (χ4n) is 5.21. The molecule has 24 heteroatoms. The minimum atomic E-state index is -5.29. The number of H-pyrrole nitrogens is 1. The van der Waals surface area contributed by atoms with Gasteiger partial charge in [0, 0.05) is 0 Å². The van der Waals surface area contributed by atoms with Crippen molar-refractivity contribution in [1.29, 1.82) is 0 Å². The number of hydrogen-bond donors (Lipinski definition) is 11. The topological polar surface area (TPSA) is 310 Å². The average Bonchev–Trinajstić information content (AvgIpc) is 3.76. The van der Waals surface area contributed by atoms with Crippen LogP contribution in [0.15, 0.2) is 44.7 Å². The van der Waals surface area contributed by atoms with Crippen LogP contribution in [-0.2, 0) is 24.9 Å². The molecule has 2 atom stereocenters. The molecule has 3 aromatic heterocycles. The van der Waals surface area contributed by atoms with Crippen LogP contribution < -0.4 is 36.7 Å². The molecule has 0 aromatic carbocycles. The van der Waals surface area contributed by atoms with Crippen molar-refractivity contribution in [2.75, 3.05) is 24.0 Å². The van der Waals surface area contributed by atoms with Crippen molar-refractivity contribution in [3.8, 4) is 11.5 Å². The zero-order valence-corrected chi connectivity index (χ0v) is 25.5. The first-order valence-electron chi connectivity index (χ1n) is 13.5. The number of nitrogen functional groups attached to an aromatic ring is 1. The zero-order chi connectivity index (χ0) is 32.5. The van der Waals surface area contributed by atoms with E-state index < -0.39 is 75.4 Å². The van der Waals surface area contributed by atoms with E-state index in [2.05, 4.69) is 30.9 Å². The van der Waals surface area contributed by atoms with Gasteiger partial charge in [-0.15, -0.1) is 0 Å². The molecule has 3 aromatic rings. The Morgan fingerprint density at radius 2 is 1.98 bits per heavy atom. The molecule has 0 radical (unpaired) electrons. The number of nitrogens with one attached hydrogen (secondary N) is 4. The number of nitrogens with two attached hydrogens (primary N) is 1. The van der Waals surface area contributed by atoms with Gasteiger partial charge in [-0.05, 0) is 0 Å². The van der Waals surface area contributed by atoms with Crippen molar-refractivity contribution in [3.05, 3.63) is 51.6 Å². The summed E-state index contributed by atoms with van der Waals surface area (Å²) < 4.78 is 33.4. The molecule has 4 aliphatic rings. The van der Waals surface area contributed by atoms with Crippen molar-refractivity contribution < 1.29 is 57.0 Å². The standard InChI is InChI=1S/C22H29N9O13P2/c1-2-8-11-17(25-5-24-8)30(6-26-11)20-14(33)15-10(42-20)4-40-46(37,38)44-16-13(32)9(3-39-45(35,36)43-15)41-21(16)31-7-27-12-18(31)28-22(23)29-19(12)34/h3,7,13,17,24-26,32-33,35-38,45-46H,2,4-6H2,1H3,(H3,23,28,29,34)/b9-3+/t13-,17?/m1/s1. The van der Waals surface area contributed by atoms with Crippen molar-refractivity contribution in [1.82, 2.24) is 35.5 Å². The first-order valence-corrected chi connectivity index (χ1v) is 17.0. The molecule has 1 unspecified atom stereocenters. The molecular weight excluding hydrogens is 660 g/mol. The number of fused-ring (bicyclic) bond motifs is 5. The molecule has 0 saturated carbocycles. The molecule has 12 N–H and O–H groups in total. The number of aliphatic hydroxyl groups is 1. The molecule has 1 saturated heterocycles. The van der Waals surface area contributed by atoms with Crippen LogP contribution in [-0.4, -0.2) is 74.9 Å². The molecule has 0 aliphatic carbocycles. The van der Waals surface area contributed by atoms with Crippen molar-refractivity contribution in [3.63, 3.8) is 0 Å². The van der Waals surface area contributed by atoms with E-state index in [1.165, 1.54) is 0 Å². The number of hydrogen-bond acceptors (Lipinski definition) is 20. The zero-order valence-electron chi connectivity index (χ0n) is 23.5. The van der Waals surface area contributed by atoms with Crippen LogP contribution in [0.1, 0.15) is 19.1 Å². The molecule has 250 valence electrons. The van der Waals surface area contributed by atoms with Gasteiger partial charge in [0.2, 0.25) is 0 Å². The Kier molecular flexibility index (Phi) is 7.16. The Hall–Kier alpha value is -4.37. The van der Waals surface area contributed by atoms with E-state index >= 15 is 0 Å². The number of ether oxygens (including phenoxy) is 1. The maximum absolute atomic E-state index is 12.3. The number of aromatic hydroxyl groups is 1. The Morgan fingerprint density at radius 3 is 2.76 bits per heavy atom. The number of anilines is 2. The third-order valence-electron chi connectivity index (χ3n) is 7.24. The van der Waals surface area contributed by atoms with Crippen molar-refractivity contribution >= 4 is 45.2 Å². The number of rotatable bonds is 3. The maximum atomic E-state index is 12.3. The third-order valence-corrected chi connectivity index (χ3v) is 9.14. The van der Waals surface area contributed by atoms with Gasteiger partial charge in [-0.2, -0.15) is 0 Å². The normalized spacial score (nSPS) is 26.3. The third kappa shape index (κ3) is 5.11. The van der Waals surface area contributed by atoms with Gasteiger partial charge in [-0.3, -0.25) is 0 Å². The Morgan fingerprint density at radius 1 is 1.17 bits per heavy atom. The molecule has 2 bridgehead atoms. The number of allylic oxidation sites excluding steroid dienone is 1. The summed E-state index contributed by atoms with van der Waals surface area (Å²) in [4.78, 5) is 67.1. The summed E-state index contributed by atoms with van der Waals surface area (Å²) in [6.45, 7) is 1.68. The first kappa shape index (κ1) is 30.3. The van der Waals surface area contributed by atoms with Gasteiger partial charge in [0.1, 0.15) is 0 Å². The van der Waals surface area contributed by atoms with Crippen LogP contribution in [0.5, 0.6) is 11.5 Å². The summed E-state index contributed by atoms with van der Waals surface area (Å²) in [6, 6.07) is 0. The fourth-order valence-corrected chi connectivity index (χ4v) is 6.86. The Bertz CT molecular complexity index is 1880. The van der Waals surface area contributed by atoms with E-state index in [1.54, 1.807) is 4.90 Å². The molecule has 1 fully saturated rings. The second kappa shape index (κ2) is 10.9. The van der Waals surface area contributed by atoms with Gasteiger partial charge in [-0.1, -0.05) is 0 Å². The molecule has 7 rings (SSSR count). The van der Waals surface area contributed by atoms with Crippen molar-refractivity contribution in [2.45, 2.75) is 32.2 Å². The van der Waals surface area contributed by atoms with Crippen LogP contribution in [0.2, 0.25) is 0 Å². The predicted octanol–water partition coefficient (Wildman–Crippen LogP) is -1.74. The van der Waals surface area contributed by atoms with Gasteiger partial charge in [0.25, 0.3) is 0 Å². The number of imidazole rings is 1. The number of furan rings is 1. The number of aromatic amines is 1. The van der Waals surface area contributed by atoms with E-state index in [-0.39, 0.29) is 29.7 Å². The summed E-state index contributed by atoms with van der Waals surface area (Å²) >= 11 is 0. The molecule has 7 heterocycles. The van der Waals surface area contributed by atoms with Gasteiger partial charge < -0.3 is 0 Å². The van der Waals surface area contributed by atoms with Gasteiger partial charge in [0.05, 0.1) is 0 Å². The summed E-state index contributed by atoms with van der Waals surface area (Å²) in [5.41, 5.74) is 6.33. The number of aliphatic hydroxyl groups excluding tert-OH is 1. The van der Waals surface area contributed by atoms with Crippen LogP contribution >= 0.6 is 16.3 Å². The summed E-state index contributed by atoms with van der Waals surface area (Å²) in [6.07, 6.45) is -0.0882.